The Morgan fingerprint density at radius 2 is 2.18 bits per heavy atom. The van der Waals surface area contributed by atoms with Crippen molar-refractivity contribution in [3.05, 3.63) is 39.7 Å². The first-order chi connectivity index (χ1) is 10.5. The molecule has 1 aromatic heterocycles. The zero-order chi connectivity index (χ0) is 16.1. The van der Waals surface area contributed by atoms with Crippen molar-refractivity contribution in [2.75, 3.05) is 13.6 Å². The summed E-state index contributed by atoms with van der Waals surface area (Å²) in [6.45, 7) is 5.85. The lowest BCUT2D eigenvalue weighted by Crippen LogP contribution is -2.18. The summed E-state index contributed by atoms with van der Waals surface area (Å²) in [4.78, 5) is 18.6. The van der Waals surface area contributed by atoms with Crippen LogP contribution in [0.2, 0.25) is 0 Å². The van der Waals surface area contributed by atoms with Gasteiger partial charge in [0.05, 0.1) is 12.2 Å². The summed E-state index contributed by atoms with van der Waals surface area (Å²) >= 11 is 1.28. The van der Waals surface area contributed by atoms with Gasteiger partial charge in [-0.25, -0.2) is 9.78 Å². The van der Waals surface area contributed by atoms with Gasteiger partial charge >= 0.3 is 5.97 Å². The highest BCUT2D eigenvalue weighted by Gasteiger charge is 2.19. The fraction of sp³-hybridized carbons (Fsp3) is 0.412. The largest absolute Gasteiger partial charge is 0.477 e. The number of thiazole rings is 1. The van der Waals surface area contributed by atoms with Crippen LogP contribution in [0.25, 0.3) is 11.3 Å². The van der Waals surface area contributed by atoms with E-state index in [-0.39, 0.29) is 0 Å². The van der Waals surface area contributed by atoms with E-state index in [1.165, 1.54) is 11.3 Å². The number of carboxylic acids is 1. The Bertz CT molecular complexity index is 652. The van der Waals surface area contributed by atoms with Gasteiger partial charge < -0.3 is 5.11 Å². The van der Waals surface area contributed by atoms with Crippen molar-refractivity contribution < 1.29 is 9.90 Å². The molecule has 0 saturated carbocycles. The minimum absolute atomic E-state index is 0.324. The van der Waals surface area contributed by atoms with Crippen molar-refractivity contribution in [3.8, 4) is 11.3 Å². The Labute approximate surface area is 135 Å². The first-order valence-electron chi connectivity index (χ1n) is 7.49. The molecule has 5 heteroatoms. The number of rotatable bonds is 7. The van der Waals surface area contributed by atoms with Crippen LogP contribution in [0.1, 0.15) is 40.0 Å². The molecule has 0 aliphatic rings. The van der Waals surface area contributed by atoms with E-state index in [2.05, 4.69) is 16.8 Å². The molecule has 0 unspecified atom stereocenters. The van der Waals surface area contributed by atoms with Crippen LogP contribution in [0, 0.1) is 6.92 Å². The van der Waals surface area contributed by atoms with Gasteiger partial charge in [-0.2, -0.15) is 0 Å². The molecule has 0 radical (unpaired) electrons. The summed E-state index contributed by atoms with van der Waals surface area (Å²) in [7, 11) is 2.05. The molecule has 0 spiro atoms. The average Bonchev–Trinajstić information content (AvgIpc) is 2.89. The second kappa shape index (κ2) is 7.51. The Morgan fingerprint density at radius 3 is 2.82 bits per heavy atom. The predicted octanol–water partition coefficient (Wildman–Crippen LogP) is 4.05. The predicted molar refractivity (Wildman–Crippen MR) is 90.5 cm³/mol. The summed E-state index contributed by atoms with van der Waals surface area (Å²) in [6.07, 6.45) is 2.29. The van der Waals surface area contributed by atoms with E-state index >= 15 is 0 Å². The van der Waals surface area contributed by atoms with Gasteiger partial charge in [0.15, 0.2) is 0 Å². The van der Waals surface area contributed by atoms with Crippen molar-refractivity contribution in [2.24, 2.45) is 0 Å². The molecule has 0 amide bonds. The van der Waals surface area contributed by atoms with Crippen molar-refractivity contribution in [2.45, 2.75) is 33.2 Å². The summed E-state index contributed by atoms with van der Waals surface area (Å²) in [6, 6.07) is 7.82. The highest BCUT2D eigenvalue weighted by molar-refractivity contribution is 7.14. The van der Waals surface area contributed by atoms with Crippen molar-refractivity contribution >= 4 is 17.3 Å². The lowest BCUT2D eigenvalue weighted by atomic mass is 10.1. The van der Waals surface area contributed by atoms with Crippen LogP contribution >= 0.6 is 11.3 Å². The van der Waals surface area contributed by atoms with Gasteiger partial charge in [0.2, 0.25) is 0 Å². The molecule has 2 aromatic rings. The monoisotopic (exact) mass is 318 g/mol. The molecule has 1 aromatic carbocycles. The van der Waals surface area contributed by atoms with Gasteiger partial charge in [0.1, 0.15) is 9.88 Å². The van der Waals surface area contributed by atoms with Gasteiger partial charge in [0.25, 0.3) is 0 Å². The number of aryl methyl sites for hydroxylation is 1. The normalized spacial score (nSPS) is 11.1. The third kappa shape index (κ3) is 4.15. The third-order valence-corrected chi connectivity index (χ3v) is 4.48. The topological polar surface area (TPSA) is 53.4 Å². The van der Waals surface area contributed by atoms with E-state index in [4.69, 9.17) is 0 Å². The highest BCUT2D eigenvalue weighted by Crippen LogP contribution is 2.29. The van der Waals surface area contributed by atoms with Gasteiger partial charge in [-0.15, -0.1) is 11.3 Å². The van der Waals surface area contributed by atoms with Crippen LogP contribution < -0.4 is 0 Å². The van der Waals surface area contributed by atoms with Gasteiger partial charge in [0, 0.05) is 5.56 Å². The molecule has 1 N–H and O–H groups in total. The van der Waals surface area contributed by atoms with Crippen LogP contribution in [-0.4, -0.2) is 34.6 Å². The van der Waals surface area contributed by atoms with E-state index in [1.807, 2.05) is 38.2 Å². The van der Waals surface area contributed by atoms with Gasteiger partial charge in [-0.1, -0.05) is 37.1 Å². The SMILES string of the molecule is CCCCN(C)Cc1nc(-c2cccc(C)c2)c(C(=O)O)s1. The van der Waals surface area contributed by atoms with Crippen molar-refractivity contribution in [3.63, 3.8) is 0 Å². The highest BCUT2D eigenvalue weighted by atomic mass is 32.1. The number of benzene rings is 1. The summed E-state index contributed by atoms with van der Waals surface area (Å²) < 4.78 is 0. The Kier molecular flexibility index (Phi) is 5.69. The fourth-order valence-corrected chi connectivity index (χ4v) is 3.31. The molecule has 0 atom stereocenters. The van der Waals surface area contributed by atoms with E-state index in [9.17, 15) is 9.90 Å². The number of hydrogen-bond donors (Lipinski definition) is 1. The van der Waals surface area contributed by atoms with E-state index < -0.39 is 5.97 Å². The summed E-state index contributed by atoms with van der Waals surface area (Å²) in [5, 5.41) is 10.3. The minimum atomic E-state index is -0.906. The Balaban J connectivity index is 2.28. The number of nitrogens with zero attached hydrogens (tertiary/aromatic N) is 2. The minimum Gasteiger partial charge on any atom is -0.477 e. The van der Waals surface area contributed by atoms with Gasteiger partial charge in [-0.05, 0) is 33.0 Å². The molecule has 0 bridgehead atoms. The average molecular weight is 318 g/mol. The third-order valence-electron chi connectivity index (χ3n) is 3.46. The molecule has 0 fully saturated rings. The van der Waals surface area contributed by atoms with Crippen LogP contribution in [-0.2, 0) is 6.54 Å². The van der Waals surface area contributed by atoms with E-state index in [1.54, 1.807) is 0 Å². The Morgan fingerprint density at radius 1 is 1.41 bits per heavy atom. The number of carboxylic acid groups (broad SMARTS) is 1. The standard InChI is InChI=1S/C17H22N2O2S/c1-4-5-9-19(3)11-14-18-15(16(22-14)17(20)21)13-8-6-7-12(2)10-13/h6-8,10H,4-5,9,11H2,1-3H3,(H,20,21). The van der Waals surface area contributed by atoms with Crippen LogP contribution in [0.5, 0.6) is 0 Å². The molecule has 0 saturated heterocycles. The maximum absolute atomic E-state index is 11.5. The van der Waals surface area contributed by atoms with Crippen LogP contribution in [0.15, 0.2) is 24.3 Å². The van der Waals surface area contributed by atoms with Crippen LogP contribution in [0.3, 0.4) is 0 Å². The molecule has 4 nitrogen and oxygen atoms in total. The molecule has 22 heavy (non-hydrogen) atoms. The zero-order valence-electron chi connectivity index (χ0n) is 13.3. The van der Waals surface area contributed by atoms with E-state index in [0.29, 0.717) is 17.1 Å². The maximum atomic E-state index is 11.5. The number of aromatic carboxylic acids is 1. The summed E-state index contributed by atoms with van der Waals surface area (Å²) in [5.74, 6) is -0.906. The molecule has 0 aliphatic carbocycles. The van der Waals surface area contributed by atoms with Crippen LogP contribution in [0.4, 0.5) is 0 Å². The second-order valence-corrected chi connectivity index (χ2v) is 6.63. The fourth-order valence-electron chi connectivity index (χ4n) is 2.30. The first kappa shape index (κ1) is 16.6. The lowest BCUT2D eigenvalue weighted by Gasteiger charge is -2.13. The molecule has 0 aliphatic heterocycles. The summed E-state index contributed by atoms with van der Waals surface area (Å²) in [5.41, 5.74) is 2.56. The lowest BCUT2D eigenvalue weighted by molar-refractivity contribution is 0.0702. The van der Waals surface area contributed by atoms with Crippen molar-refractivity contribution in [1.29, 1.82) is 0 Å². The van der Waals surface area contributed by atoms with E-state index in [0.717, 1.165) is 35.5 Å². The smallest absolute Gasteiger partial charge is 0.348 e. The quantitative estimate of drug-likeness (QED) is 0.837. The molecule has 118 valence electrons. The molecular formula is C17H22N2O2S. The second-order valence-electron chi connectivity index (χ2n) is 5.55. The Hall–Kier alpha value is -1.72. The van der Waals surface area contributed by atoms with Gasteiger partial charge in [-0.3, -0.25) is 4.90 Å². The number of unbranched alkanes of at least 4 members (excludes halogenated alkanes) is 1. The number of aromatic nitrogens is 1. The zero-order valence-corrected chi connectivity index (χ0v) is 14.1. The van der Waals surface area contributed by atoms with Crippen molar-refractivity contribution in [1.82, 2.24) is 9.88 Å². The first-order valence-corrected chi connectivity index (χ1v) is 8.31. The number of carbonyl (C=O) groups is 1. The molecule has 2 rings (SSSR count). The maximum Gasteiger partial charge on any atom is 0.348 e. The number of hydrogen-bond acceptors (Lipinski definition) is 4. The molecular weight excluding hydrogens is 296 g/mol. The molecule has 1 heterocycles.